The average molecular weight is 484 g/mol. The number of hydrazone groups is 1. The van der Waals surface area contributed by atoms with Crippen molar-refractivity contribution in [3.05, 3.63) is 95.0 Å². The SMILES string of the molecule is Cc1ccc(N2C(=O)C3C4OC(C3C2=O)C2C4C(c3ccccc3Cl)=NN2c2ccccc2)cc1. The van der Waals surface area contributed by atoms with Gasteiger partial charge in [0.25, 0.3) is 0 Å². The molecule has 6 nitrogen and oxygen atoms in total. The van der Waals surface area contributed by atoms with E-state index in [0.717, 1.165) is 22.5 Å². The van der Waals surface area contributed by atoms with Crippen molar-refractivity contribution >= 4 is 40.5 Å². The first-order chi connectivity index (χ1) is 17.0. The molecule has 4 aliphatic rings. The van der Waals surface area contributed by atoms with Gasteiger partial charge in [0.1, 0.15) is 0 Å². The second-order valence-corrected chi connectivity index (χ2v) is 10.0. The summed E-state index contributed by atoms with van der Waals surface area (Å²) >= 11 is 6.60. The van der Waals surface area contributed by atoms with Crippen molar-refractivity contribution < 1.29 is 14.3 Å². The van der Waals surface area contributed by atoms with Crippen LogP contribution in [0.5, 0.6) is 0 Å². The summed E-state index contributed by atoms with van der Waals surface area (Å²) in [4.78, 5) is 28.7. The predicted molar refractivity (Wildman–Crippen MR) is 134 cm³/mol. The number of rotatable bonds is 3. The lowest BCUT2D eigenvalue weighted by Crippen LogP contribution is -2.50. The lowest BCUT2D eigenvalue weighted by Gasteiger charge is -2.32. The summed E-state index contributed by atoms with van der Waals surface area (Å²) in [5.41, 5.74) is 4.26. The smallest absolute Gasteiger partial charge is 0.240 e. The normalized spacial score (nSPS) is 30.6. The Morgan fingerprint density at radius 3 is 2.14 bits per heavy atom. The number of ether oxygens (including phenoxy) is 1. The van der Waals surface area contributed by atoms with Gasteiger partial charge in [-0.2, -0.15) is 5.10 Å². The first-order valence-corrected chi connectivity index (χ1v) is 12.2. The zero-order chi connectivity index (χ0) is 23.8. The van der Waals surface area contributed by atoms with Crippen molar-refractivity contribution in [2.75, 3.05) is 9.91 Å². The Kier molecular flexibility index (Phi) is 4.47. The maximum Gasteiger partial charge on any atom is 0.240 e. The highest BCUT2D eigenvalue weighted by Gasteiger charge is 2.72. The number of carbonyl (C=O) groups excluding carboxylic acids is 2. The van der Waals surface area contributed by atoms with E-state index in [9.17, 15) is 9.59 Å². The number of benzene rings is 3. The summed E-state index contributed by atoms with van der Waals surface area (Å²) in [6.45, 7) is 1.98. The molecule has 0 saturated carbocycles. The third-order valence-electron chi connectivity index (χ3n) is 7.75. The largest absolute Gasteiger partial charge is 0.370 e. The fourth-order valence-electron chi connectivity index (χ4n) is 6.27. The van der Waals surface area contributed by atoms with Crippen LogP contribution >= 0.6 is 11.6 Å². The van der Waals surface area contributed by atoms with Gasteiger partial charge in [-0.25, -0.2) is 4.90 Å². The highest BCUT2D eigenvalue weighted by Crippen LogP contribution is 2.56. The summed E-state index contributed by atoms with van der Waals surface area (Å²) in [5.74, 6) is -1.60. The Morgan fingerprint density at radius 2 is 1.43 bits per heavy atom. The van der Waals surface area contributed by atoms with Gasteiger partial charge in [-0.15, -0.1) is 0 Å². The van der Waals surface area contributed by atoms with Crippen molar-refractivity contribution in [3.8, 4) is 0 Å². The Bertz CT molecular complexity index is 1390. The molecule has 174 valence electrons. The van der Waals surface area contributed by atoms with Gasteiger partial charge in [-0.1, -0.05) is 65.7 Å². The van der Waals surface area contributed by atoms with E-state index < -0.39 is 24.0 Å². The number of halogens is 1. The molecule has 3 aromatic rings. The molecule has 6 atom stereocenters. The van der Waals surface area contributed by atoms with Crippen LogP contribution in [0, 0.1) is 24.7 Å². The summed E-state index contributed by atoms with van der Waals surface area (Å²) < 4.78 is 6.46. The number of hydrogen-bond acceptors (Lipinski definition) is 5. The molecule has 7 rings (SSSR count). The van der Waals surface area contributed by atoms with Crippen LogP contribution < -0.4 is 9.91 Å². The minimum Gasteiger partial charge on any atom is -0.370 e. The van der Waals surface area contributed by atoms with Gasteiger partial charge in [-0.3, -0.25) is 14.6 Å². The second kappa shape index (κ2) is 7.51. The molecule has 2 bridgehead atoms. The van der Waals surface area contributed by atoms with E-state index in [0.29, 0.717) is 10.7 Å². The topological polar surface area (TPSA) is 62.2 Å². The quantitative estimate of drug-likeness (QED) is 0.516. The highest BCUT2D eigenvalue weighted by molar-refractivity contribution is 6.34. The van der Waals surface area contributed by atoms with Gasteiger partial charge in [0, 0.05) is 10.6 Å². The van der Waals surface area contributed by atoms with E-state index >= 15 is 0 Å². The first-order valence-electron chi connectivity index (χ1n) is 11.8. The number of imide groups is 1. The van der Waals surface area contributed by atoms with Gasteiger partial charge in [-0.05, 0) is 37.3 Å². The molecule has 3 fully saturated rings. The molecule has 0 spiro atoms. The molecule has 35 heavy (non-hydrogen) atoms. The number of nitrogens with zero attached hydrogens (tertiary/aromatic N) is 3. The monoisotopic (exact) mass is 483 g/mol. The molecule has 6 unspecified atom stereocenters. The third kappa shape index (κ3) is 2.84. The van der Waals surface area contributed by atoms with Crippen LogP contribution in [-0.4, -0.2) is 35.8 Å². The molecule has 3 aromatic carbocycles. The average Bonchev–Trinajstić information content (AvgIpc) is 3.60. The van der Waals surface area contributed by atoms with Crippen LogP contribution in [0.4, 0.5) is 11.4 Å². The van der Waals surface area contributed by atoms with Gasteiger partial charge >= 0.3 is 0 Å². The summed E-state index contributed by atoms with van der Waals surface area (Å²) in [6, 6.07) is 24.8. The molecule has 3 saturated heterocycles. The lowest BCUT2D eigenvalue weighted by molar-refractivity contribution is -0.125. The number of anilines is 2. The minimum absolute atomic E-state index is 0.170. The van der Waals surface area contributed by atoms with Crippen LogP contribution in [-0.2, 0) is 14.3 Å². The van der Waals surface area contributed by atoms with Gasteiger partial charge < -0.3 is 4.74 Å². The minimum atomic E-state index is -0.529. The van der Waals surface area contributed by atoms with E-state index in [2.05, 4.69) is 0 Å². The Balaban J connectivity index is 1.33. The number of hydrogen-bond donors (Lipinski definition) is 0. The van der Waals surface area contributed by atoms with E-state index in [-0.39, 0.29) is 23.8 Å². The van der Waals surface area contributed by atoms with Crippen LogP contribution in [0.1, 0.15) is 11.1 Å². The molecule has 0 aromatic heterocycles. The van der Waals surface area contributed by atoms with Crippen molar-refractivity contribution in [1.82, 2.24) is 0 Å². The zero-order valence-corrected chi connectivity index (χ0v) is 19.7. The molecular weight excluding hydrogens is 462 g/mol. The highest BCUT2D eigenvalue weighted by atomic mass is 35.5. The van der Waals surface area contributed by atoms with Gasteiger partial charge in [0.05, 0.1) is 53.1 Å². The molecule has 0 N–H and O–H groups in total. The summed E-state index contributed by atoms with van der Waals surface area (Å²) in [7, 11) is 0. The van der Waals surface area contributed by atoms with Crippen molar-refractivity contribution in [2.24, 2.45) is 22.9 Å². The molecular formula is C28H22ClN3O3. The summed E-state index contributed by atoms with van der Waals surface area (Å²) in [5, 5.41) is 7.60. The zero-order valence-electron chi connectivity index (χ0n) is 18.9. The summed E-state index contributed by atoms with van der Waals surface area (Å²) in [6.07, 6.45) is -0.878. The van der Waals surface area contributed by atoms with Crippen molar-refractivity contribution in [1.29, 1.82) is 0 Å². The fraction of sp³-hybridized carbons (Fsp3) is 0.250. The van der Waals surface area contributed by atoms with E-state index in [1.807, 2.05) is 90.8 Å². The maximum atomic E-state index is 13.7. The van der Waals surface area contributed by atoms with Crippen molar-refractivity contribution in [3.63, 3.8) is 0 Å². The lowest BCUT2D eigenvalue weighted by atomic mass is 9.70. The van der Waals surface area contributed by atoms with E-state index in [1.165, 1.54) is 4.90 Å². The van der Waals surface area contributed by atoms with Crippen LogP contribution in [0.2, 0.25) is 5.02 Å². The fourth-order valence-corrected chi connectivity index (χ4v) is 6.51. The predicted octanol–water partition coefficient (Wildman–Crippen LogP) is 4.44. The number of para-hydroxylation sites is 1. The molecule has 4 heterocycles. The Morgan fingerprint density at radius 1 is 0.771 bits per heavy atom. The number of aryl methyl sites for hydroxylation is 1. The van der Waals surface area contributed by atoms with Crippen molar-refractivity contribution in [2.45, 2.75) is 25.2 Å². The van der Waals surface area contributed by atoms with Gasteiger partial charge in [0.2, 0.25) is 11.8 Å². The van der Waals surface area contributed by atoms with Crippen LogP contribution in [0.3, 0.4) is 0 Å². The molecule has 0 radical (unpaired) electrons. The molecule has 0 aliphatic carbocycles. The number of carbonyl (C=O) groups is 2. The second-order valence-electron chi connectivity index (χ2n) is 9.63. The van der Waals surface area contributed by atoms with Crippen LogP contribution in [0.15, 0.2) is 84.0 Å². The van der Waals surface area contributed by atoms with E-state index in [1.54, 1.807) is 0 Å². The molecule has 7 heteroatoms. The van der Waals surface area contributed by atoms with E-state index in [4.69, 9.17) is 21.4 Å². The number of amides is 2. The first kappa shape index (κ1) is 20.9. The number of fused-ring (bicyclic) bond motifs is 8. The molecule has 2 amide bonds. The third-order valence-corrected chi connectivity index (χ3v) is 8.08. The Labute approximate surface area is 207 Å². The van der Waals surface area contributed by atoms with Crippen LogP contribution in [0.25, 0.3) is 0 Å². The van der Waals surface area contributed by atoms with Gasteiger partial charge in [0.15, 0.2) is 0 Å². The Hall–Kier alpha value is -3.48. The standard InChI is InChI=1S/C28H22ClN3O3/c1-15-11-13-16(14-12-15)31-27(33)20-21(28(31)34)26-24-22(25(20)35-26)23(18-9-5-6-10-19(18)29)30-32(24)17-7-3-2-4-8-17/h2-14,20-22,24-26H,1H3. The molecule has 4 aliphatic heterocycles. The maximum absolute atomic E-state index is 13.7.